The molecule has 1 aromatic heterocycles. The number of hydrogen-bond donors (Lipinski definition) is 1. The maximum Gasteiger partial charge on any atom is 0.265 e. The number of rotatable bonds is 4. The van der Waals surface area contributed by atoms with Crippen LogP contribution in [0.3, 0.4) is 0 Å². The van der Waals surface area contributed by atoms with Gasteiger partial charge < -0.3 is 10.1 Å². The van der Waals surface area contributed by atoms with Crippen LogP contribution in [-0.2, 0) is 4.79 Å². The standard InChI is InChI=1S/C19H17ClN2O2/c1-12-11-15(20)8-9-17(12)24-13(2)19(23)22-16-7-3-5-14-6-4-10-21-18(14)16/h3-11,13H,1-2H3,(H,22,23). The first kappa shape index (κ1) is 16.3. The lowest BCUT2D eigenvalue weighted by Gasteiger charge is -2.17. The van der Waals surface area contributed by atoms with Gasteiger partial charge in [0.05, 0.1) is 11.2 Å². The highest BCUT2D eigenvalue weighted by Gasteiger charge is 2.17. The van der Waals surface area contributed by atoms with E-state index in [1.807, 2.05) is 37.3 Å². The van der Waals surface area contributed by atoms with E-state index in [0.717, 1.165) is 16.5 Å². The van der Waals surface area contributed by atoms with Crippen LogP contribution in [0.1, 0.15) is 12.5 Å². The summed E-state index contributed by atoms with van der Waals surface area (Å²) in [6.45, 7) is 3.60. The van der Waals surface area contributed by atoms with Gasteiger partial charge in [0.1, 0.15) is 5.75 Å². The Morgan fingerprint density at radius 3 is 2.79 bits per heavy atom. The van der Waals surface area contributed by atoms with E-state index in [0.29, 0.717) is 16.5 Å². The predicted molar refractivity (Wildman–Crippen MR) is 96.7 cm³/mol. The number of fused-ring (bicyclic) bond motifs is 1. The zero-order valence-electron chi connectivity index (χ0n) is 13.4. The molecule has 1 heterocycles. The number of nitrogens with zero attached hydrogens (tertiary/aromatic N) is 1. The van der Waals surface area contributed by atoms with Gasteiger partial charge in [0.2, 0.25) is 0 Å². The number of amides is 1. The molecule has 0 spiro atoms. The number of nitrogens with one attached hydrogen (secondary N) is 1. The number of pyridine rings is 1. The highest BCUT2D eigenvalue weighted by Crippen LogP contribution is 2.24. The van der Waals surface area contributed by atoms with Crippen LogP contribution in [0.5, 0.6) is 5.75 Å². The van der Waals surface area contributed by atoms with Gasteiger partial charge in [0.15, 0.2) is 6.10 Å². The zero-order valence-corrected chi connectivity index (χ0v) is 14.2. The summed E-state index contributed by atoms with van der Waals surface area (Å²) >= 11 is 5.94. The Bertz CT molecular complexity index is 890. The third-order valence-electron chi connectivity index (χ3n) is 3.70. The third-order valence-corrected chi connectivity index (χ3v) is 3.94. The molecule has 4 nitrogen and oxygen atoms in total. The van der Waals surface area contributed by atoms with Crippen LogP contribution in [0.2, 0.25) is 5.02 Å². The summed E-state index contributed by atoms with van der Waals surface area (Å²) in [7, 11) is 0. The number of aromatic nitrogens is 1. The van der Waals surface area contributed by atoms with Crippen LogP contribution in [-0.4, -0.2) is 17.0 Å². The second-order valence-corrected chi connectivity index (χ2v) is 5.98. The fourth-order valence-corrected chi connectivity index (χ4v) is 2.66. The molecule has 1 atom stereocenters. The van der Waals surface area contributed by atoms with Gasteiger partial charge in [-0.3, -0.25) is 9.78 Å². The molecule has 0 saturated heterocycles. The fraction of sp³-hybridized carbons (Fsp3) is 0.158. The monoisotopic (exact) mass is 340 g/mol. The lowest BCUT2D eigenvalue weighted by molar-refractivity contribution is -0.122. The fourth-order valence-electron chi connectivity index (χ4n) is 2.43. The topological polar surface area (TPSA) is 51.2 Å². The second kappa shape index (κ2) is 6.89. The number of para-hydroxylation sites is 1. The first-order chi connectivity index (χ1) is 11.5. The number of carbonyl (C=O) groups excluding carboxylic acids is 1. The average molecular weight is 341 g/mol. The number of anilines is 1. The highest BCUT2D eigenvalue weighted by molar-refractivity contribution is 6.30. The van der Waals surface area contributed by atoms with Crippen LogP contribution in [0.4, 0.5) is 5.69 Å². The lowest BCUT2D eigenvalue weighted by Crippen LogP contribution is -2.30. The molecule has 2 aromatic carbocycles. The molecule has 1 amide bonds. The quantitative estimate of drug-likeness (QED) is 0.755. The molecule has 1 N–H and O–H groups in total. The number of aryl methyl sites for hydroxylation is 1. The van der Waals surface area contributed by atoms with Crippen LogP contribution in [0.25, 0.3) is 10.9 Å². The van der Waals surface area contributed by atoms with Crippen molar-refractivity contribution < 1.29 is 9.53 Å². The molecule has 0 bridgehead atoms. The summed E-state index contributed by atoms with van der Waals surface area (Å²) in [5.74, 6) is 0.403. The lowest BCUT2D eigenvalue weighted by atomic mass is 10.2. The molecule has 1 unspecified atom stereocenters. The van der Waals surface area contributed by atoms with Crippen molar-refractivity contribution in [2.45, 2.75) is 20.0 Å². The summed E-state index contributed by atoms with van der Waals surface area (Å²) in [6, 6.07) is 14.8. The van der Waals surface area contributed by atoms with Crippen molar-refractivity contribution in [3.8, 4) is 5.75 Å². The Morgan fingerprint density at radius 1 is 1.21 bits per heavy atom. The Hall–Kier alpha value is -2.59. The molecule has 0 aliphatic heterocycles. The average Bonchev–Trinajstić information content (AvgIpc) is 2.57. The first-order valence-corrected chi connectivity index (χ1v) is 8.00. The molecule has 5 heteroatoms. The van der Waals surface area contributed by atoms with E-state index in [1.54, 1.807) is 31.3 Å². The molecule has 0 aliphatic rings. The van der Waals surface area contributed by atoms with Crippen molar-refractivity contribution >= 4 is 34.1 Å². The predicted octanol–water partition coefficient (Wildman–Crippen LogP) is 4.60. The van der Waals surface area contributed by atoms with Gasteiger partial charge in [-0.1, -0.05) is 29.8 Å². The number of halogens is 1. The molecule has 24 heavy (non-hydrogen) atoms. The van der Waals surface area contributed by atoms with Crippen LogP contribution in [0.15, 0.2) is 54.7 Å². The number of carbonyl (C=O) groups is 1. The van der Waals surface area contributed by atoms with Gasteiger partial charge in [0, 0.05) is 16.6 Å². The van der Waals surface area contributed by atoms with Crippen molar-refractivity contribution in [1.29, 1.82) is 0 Å². The van der Waals surface area contributed by atoms with E-state index < -0.39 is 6.10 Å². The van der Waals surface area contributed by atoms with Crippen LogP contribution in [0, 0.1) is 6.92 Å². The molecular formula is C19H17ClN2O2. The smallest absolute Gasteiger partial charge is 0.265 e. The molecule has 0 fully saturated rings. The number of hydrogen-bond acceptors (Lipinski definition) is 3. The van der Waals surface area contributed by atoms with Gasteiger partial charge in [-0.2, -0.15) is 0 Å². The summed E-state index contributed by atoms with van der Waals surface area (Å²) in [5.41, 5.74) is 2.30. The van der Waals surface area contributed by atoms with Gasteiger partial charge in [-0.05, 0) is 49.7 Å². The first-order valence-electron chi connectivity index (χ1n) is 7.62. The molecule has 0 radical (unpaired) electrons. The molecule has 122 valence electrons. The summed E-state index contributed by atoms with van der Waals surface area (Å²) in [4.78, 5) is 16.8. The van der Waals surface area contributed by atoms with Gasteiger partial charge in [0.25, 0.3) is 5.91 Å². The SMILES string of the molecule is Cc1cc(Cl)ccc1OC(C)C(=O)Nc1cccc2cccnc12. The Labute approximate surface area is 145 Å². The van der Waals surface area contributed by atoms with E-state index in [2.05, 4.69) is 10.3 Å². The molecule has 0 saturated carbocycles. The maximum absolute atomic E-state index is 12.4. The normalized spacial score (nSPS) is 12.0. The summed E-state index contributed by atoms with van der Waals surface area (Å²) in [6.07, 6.45) is 1.05. The molecule has 3 rings (SSSR count). The summed E-state index contributed by atoms with van der Waals surface area (Å²) < 4.78 is 5.76. The van der Waals surface area contributed by atoms with E-state index in [9.17, 15) is 4.79 Å². The van der Waals surface area contributed by atoms with Gasteiger partial charge >= 0.3 is 0 Å². The number of benzene rings is 2. The Morgan fingerprint density at radius 2 is 2.00 bits per heavy atom. The Kier molecular flexibility index (Phi) is 4.67. The minimum Gasteiger partial charge on any atom is -0.481 e. The largest absolute Gasteiger partial charge is 0.481 e. The highest BCUT2D eigenvalue weighted by atomic mass is 35.5. The molecule has 0 aliphatic carbocycles. The Balaban J connectivity index is 1.76. The van der Waals surface area contributed by atoms with Crippen LogP contribution >= 0.6 is 11.6 Å². The van der Waals surface area contributed by atoms with E-state index in [4.69, 9.17) is 16.3 Å². The van der Waals surface area contributed by atoms with Crippen LogP contribution < -0.4 is 10.1 Å². The van der Waals surface area contributed by atoms with Crippen molar-refractivity contribution in [2.24, 2.45) is 0 Å². The molecular weight excluding hydrogens is 324 g/mol. The number of ether oxygens (including phenoxy) is 1. The van der Waals surface area contributed by atoms with Gasteiger partial charge in [-0.15, -0.1) is 0 Å². The molecule has 3 aromatic rings. The van der Waals surface area contributed by atoms with Crippen molar-refractivity contribution in [3.05, 3.63) is 65.3 Å². The zero-order chi connectivity index (χ0) is 17.1. The minimum atomic E-state index is -0.649. The third kappa shape index (κ3) is 3.49. The minimum absolute atomic E-state index is 0.234. The van der Waals surface area contributed by atoms with Gasteiger partial charge in [-0.25, -0.2) is 0 Å². The van der Waals surface area contributed by atoms with Crippen molar-refractivity contribution in [3.63, 3.8) is 0 Å². The second-order valence-electron chi connectivity index (χ2n) is 5.54. The van der Waals surface area contributed by atoms with Crippen molar-refractivity contribution in [2.75, 3.05) is 5.32 Å². The van der Waals surface area contributed by atoms with E-state index in [1.165, 1.54) is 0 Å². The van der Waals surface area contributed by atoms with E-state index >= 15 is 0 Å². The summed E-state index contributed by atoms with van der Waals surface area (Å²) in [5, 5.41) is 4.49. The maximum atomic E-state index is 12.4. The van der Waals surface area contributed by atoms with E-state index in [-0.39, 0.29) is 5.91 Å². The van der Waals surface area contributed by atoms with Crippen molar-refractivity contribution in [1.82, 2.24) is 4.98 Å².